The first kappa shape index (κ1) is 13.8. The molecule has 0 unspecified atom stereocenters. The van der Waals surface area contributed by atoms with E-state index in [9.17, 15) is 4.79 Å². The van der Waals surface area contributed by atoms with Crippen LogP contribution in [0, 0.1) is 13.8 Å². The third-order valence-electron chi connectivity index (χ3n) is 2.91. The molecular weight excluding hydrogens is 258 g/mol. The number of anilines is 1. The van der Waals surface area contributed by atoms with Gasteiger partial charge in [0, 0.05) is 26.9 Å². The number of carbonyl (C=O) groups is 1. The molecule has 102 valence electrons. The van der Waals surface area contributed by atoms with Crippen LogP contribution in [0.1, 0.15) is 46.6 Å². The Labute approximate surface area is 117 Å². The summed E-state index contributed by atoms with van der Waals surface area (Å²) in [6, 6.07) is 3.79. The Balaban J connectivity index is 2.16. The molecule has 0 spiro atoms. The Morgan fingerprint density at radius 1 is 1.32 bits per heavy atom. The molecule has 2 N–H and O–H groups in total. The molecule has 0 aliphatic rings. The van der Waals surface area contributed by atoms with Crippen LogP contribution in [0.15, 0.2) is 12.1 Å². The highest BCUT2D eigenvalue weighted by atomic mass is 32.1. The van der Waals surface area contributed by atoms with Gasteiger partial charge in [0.1, 0.15) is 0 Å². The maximum atomic E-state index is 12.1. The molecule has 2 heterocycles. The lowest BCUT2D eigenvalue weighted by Gasteiger charge is -2.14. The van der Waals surface area contributed by atoms with Crippen molar-refractivity contribution in [3.05, 3.63) is 33.1 Å². The summed E-state index contributed by atoms with van der Waals surface area (Å²) in [6.07, 6.45) is 0. The number of thiophene rings is 1. The fourth-order valence-electron chi connectivity index (χ4n) is 1.81. The van der Waals surface area contributed by atoms with Crippen molar-refractivity contribution in [2.75, 3.05) is 5.32 Å². The van der Waals surface area contributed by atoms with Crippen molar-refractivity contribution >= 4 is 23.1 Å². The van der Waals surface area contributed by atoms with E-state index in [-0.39, 0.29) is 11.3 Å². The fraction of sp³-hybridized carbons (Fsp3) is 0.429. The van der Waals surface area contributed by atoms with Crippen molar-refractivity contribution in [1.29, 1.82) is 0 Å². The number of rotatable bonds is 2. The van der Waals surface area contributed by atoms with Gasteiger partial charge in [-0.15, -0.1) is 11.3 Å². The molecule has 0 aliphatic carbocycles. The molecule has 0 saturated heterocycles. The van der Waals surface area contributed by atoms with Crippen LogP contribution in [0.4, 0.5) is 5.82 Å². The zero-order chi connectivity index (χ0) is 14.2. The molecule has 0 atom stereocenters. The summed E-state index contributed by atoms with van der Waals surface area (Å²) in [6.45, 7) is 10.2. The molecule has 2 rings (SSSR count). The van der Waals surface area contributed by atoms with E-state index in [1.165, 1.54) is 0 Å². The Morgan fingerprint density at radius 2 is 2.00 bits per heavy atom. The van der Waals surface area contributed by atoms with Crippen LogP contribution in [0.2, 0.25) is 0 Å². The van der Waals surface area contributed by atoms with Crippen LogP contribution < -0.4 is 5.32 Å². The van der Waals surface area contributed by atoms with E-state index < -0.39 is 0 Å². The Morgan fingerprint density at radius 3 is 2.47 bits per heavy atom. The monoisotopic (exact) mass is 277 g/mol. The number of aromatic nitrogens is 2. The standard InChI is InChI=1S/C14H19N3OS/c1-8-6-10(9(2)19-8)13(18)15-12-7-11(16-17-12)14(3,4)5/h6-7H,1-5H3,(H2,15,16,17,18). The second-order valence-electron chi connectivity index (χ2n) is 5.70. The molecular formula is C14H19N3OS. The van der Waals surface area contributed by atoms with Crippen molar-refractivity contribution in [2.45, 2.75) is 40.0 Å². The van der Waals surface area contributed by atoms with Gasteiger partial charge >= 0.3 is 0 Å². The highest BCUT2D eigenvalue weighted by molar-refractivity contribution is 7.12. The maximum Gasteiger partial charge on any atom is 0.257 e. The van der Waals surface area contributed by atoms with Gasteiger partial charge in [-0.25, -0.2) is 0 Å². The first-order valence-corrected chi connectivity index (χ1v) is 7.03. The Hall–Kier alpha value is -1.62. The smallest absolute Gasteiger partial charge is 0.257 e. The number of hydrogen-bond donors (Lipinski definition) is 2. The highest BCUT2D eigenvalue weighted by Gasteiger charge is 2.18. The second-order valence-corrected chi connectivity index (χ2v) is 7.16. The molecule has 4 nitrogen and oxygen atoms in total. The summed E-state index contributed by atoms with van der Waals surface area (Å²) >= 11 is 1.63. The van der Waals surface area contributed by atoms with Gasteiger partial charge in [0.25, 0.3) is 5.91 Å². The van der Waals surface area contributed by atoms with Crippen LogP contribution >= 0.6 is 11.3 Å². The first-order valence-electron chi connectivity index (χ1n) is 6.21. The van der Waals surface area contributed by atoms with Crippen LogP contribution in [-0.4, -0.2) is 16.1 Å². The van der Waals surface area contributed by atoms with Crippen LogP contribution in [0.3, 0.4) is 0 Å². The Kier molecular flexibility index (Phi) is 3.49. The lowest BCUT2D eigenvalue weighted by molar-refractivity contribution is 0.102. The maximum absolute atomic E-state index is 12.1. The van der Waals surface area contributed by atoms with Gasteiger partial charge in [0.2, 0.25) is 0 Å². The summed E-state index contributed by atoms with van der Waals surface area (Å²) < 4.78 is 0. The van der Waals surface area contributed by atoms with Crippen LogP contribution in [0.5, 0.6) is 0 Å². The van der Waals surface area contributed by atoms with Gasteiger partial charge in [-0.1, -0.05) is 20.8 Å². The van der Waals surface area contributed by atoms with Crippen molar-refractivity contribution in [1.82, 2.24) is 10.2 Å². The lowest BCUT2D eigenvalue weighted by Crippen LogP contribution is -2.12. The van der Waals surface area contributed by atoms with Crippen LogP contribution in [0.25, 0.3) is 0 Å². The second kappa shape index (κ2) is 4.81. The number of nitrogens with one attached hydrogen (secondary N) is 2. The van der Waals surface area contributed by atoms with Crippen LogP contribution in [-0.2, 0) is 5.41 Å². The molecule has 0 radical (unpaired) electrons. The van der Waals surface area contributed by atoms with E-state index >= 15 is 0 Å². The zero-order valence-electron chi connectivity index (χ0n) is 11.9. The van der Waals surface area contributed by atoms with Crippen molar-refractivity contribution < 1.29 is 4.79 Å². The summed E-state index contributed by atoms with van der Waals surface area (Å²) in [7, 11) is 0. The molecule has 0 fully saturated rings. The van der Waals surface area contributed by atoms with Gasteiger partial charge in [-0.2, -0.15) is 5.10 Å². The normalized spacial score (nSPS) is 11.6. The summed E-state index contributed by atoms with van der Waals surface area (Å²) in [5.74, 6) is 0.465. The minimum Gasteiger partial charge on any atom is -0.305 e. The van der Waals surface area contributed by atoms with E-state index in [1.54, 1.807) is 11.3 Å². The van der Waals surface area contributed by atoms with Crippen molar-refractivity contribution in [3.63, 3.8) is 0 Å². The van der Waals surface area contributed by atoms with Gasteiger partial charge < -0.3 is 5.32 Å². The summed E-state index contributed by atoms with van der Waals surface area (Å²) in [5.41, 5.74) is 1.72. The predicted octanol–water partition coefficient (Wildman–Crippen LogP) is 3.64. The molecule has 0 aliphatic heterocycles. The number of aryl methyl sites for hydroxylation is 2. The minimum atomic E-state index is -0.103. The number of hydrogen-bond acceptors (Lipinski definition) is 3. The Bertz CT molecular complexity index is 604. The number of amides is 1. The summed E-state index contributed by atoms with van der Waals surface area (Å²) in [4.78, 5) is 14.3. The minimum absolute atomic E-state index is 0.00906. The number of carbonyl (C=O) groups excluding carboxylic acids is 1. The van der Waals surface area contributed by atoms with Gasteiger partial charge in [0.05, 0.1) is 5.56 Å². The van der Waals surface area contributed by atoms with Crippen molar-refractivity contribution in [3.8, 4) is 0 Å². The first-order chi connectivity index (χ1) is 8.77. The molecule has 5 heteroatoms. The average Bonchev–Trinajstić information content (AvgIpc) is 2.84. The number of aromatic amines is 1. The molecule has 1 amide bonds. The largest absolute Gasteiger partial charge is 0.305 e. The predicted molar refractivity (Wildman–Crippen MR) is 79.0 cm³/mol. The van der Waals surface area contributed by atoms with E-state index in [2.05, 4.69) is 36.3 Å². The summed E-state index contributed by atoms with van der Waals surface area (Å²) in [5, 5.41) is 9.92. The third-order valence-corrected chi connectivity index (χ3v) is 3.88. The molecule has 19 heavy (non-hydrogen) atoms. The van der Waals surface area contributed by atoms with Gasteiger partial charge in [0.15, 0.2) is 5.82 Å². The quantitative estimate of drug-likeness (QED) is 0.880. The lowest BCUT2D eigenvalue weighted by atomic mass is 9.92. The molecule has 2 aromatic heterocycles. The average molecular weight is 277 g/mol. The molecule has 0 bridgehead atoms. The SMILES string of the molecule is Cc1cc(C(=O)Nc2cc(C(C)(C)C)[nH]n2)c(C)s1. The van der Waals surface area contributed by atoms with Gasteiger partial charge in [-0.05, 0) is 19.9 Å². The molecule has 0 saturated carbocycles. The van der Waals surface area contributed by atoms with E-state index in [0.29, 0.717) is 5.82 Å². The highest BCUT2D eigenvalue weighted by Crippen LogP contribution is 2.24. The van der Waals surface area contributed by atoms with E-state index in [1.807, 2.05) is 26.0 Å². The van der Waals surface area contributed by atoms with Gasteiger partial charge in [-0.3, -0.25) is 9.89 Å². The van der Waals surface area contributed by atoms with Crippen molar-refractivity contribution in [2.24, 2.45) is 0 Å². The zero-order valence-corrected chi connectivity index (χ0v) is 12.7. The van der Waals surface area contributed by atoms with E-state index in [0.717, 1.165) is 21.0 Å². The molecule has 2 aromatic rings. The number of H-pyrrole nitrogens is 1. The third kappa shape index (κ3) is 3.04. The van der Waals surface area contributed by atoms with E-state index in [4.69, 9.17) is 0 Å². The number of nitrogens with zero attached hydrogens (tertiary/aromatic N) is 1. The molecule has 0 aromatic carbocycles. The fourth-order valence-corrected chi connectivity index (χ4v) is 2.73. The topological polar surface area (TPSA) is 57.8 Å².